The first-order valence-electron chi connectivity index (χ1n) is 9.66. The number of benzene rings is 2. The number of primary amides is 4. The van der Waals surface area contributed by atoms with E-state index in [1.807, 2.05) is 20.8 Å². The summed E-state index contributed by atoms with van der Waals surface area (Å²) in [6.45, 7) is 5.62. The van der Waals surface area contributed by atoms with Gasteiger partial charge in [-0.2, -0.15) is 0 Å². The average molecular weight is 472 g/mol. The maximum Gasteiger partial charge on any atom is 0.409 e. The number of ether oxygens (including phenoxy) is 4. The van der Waals surface area contributed by atoms with Crippen molar-refractivity contribution in [3.05, 3.63) is 47.5 Å². The van der Waals surface area contributed by atoms with Crippen LogP contribution in [0.25, 0.3) is 11.6 Å². The number of nitrogens with two attached hydrogens (primary N) is 4. The molecule has 0 fully saturated rings. The van der Waals surface area contributed by atoms with E-state index in [4.69, 9.17) is 41.9 Å². The number of carbonyl (C=O) groups excluding carboxylic acids is 4. The maximum absolute atomic E-state index is 11.5. The lowest BCUT2D eigenvalue weighted by Crippen LogP contribution is -2.19. The third-order valence-electron chi connectivity index (χ3n) is 4.19. The van der Waals surface area contributed by atoms with Gasteiger partial charge in [0.15, 0.2) is 0 Å². The molecule has 0 unspecified atom stereocenters. The molecule has 4 amide bonds. The lowest BCUT2D eigenvalue weighted by molar-refractivity contribution is 0.207. The van der Waals surface area contributed by atoms with Gasteiger partial charge in [0.1, 0.15) is 23.0 Å². The monoisotopic (exact) mass is 472 g/mol. The van der Waals surface area contributed by atoms with Crippen LogP contribution in [0.2, 0.25) is 0 Å². The van der Waals surface area contributed by atoms with Gasteiger partial charge in [-0.3, -0.25) is 0 Å². The minimum atomic E-state index is -1.10. The Morgan fingerprint density at radius 2 is 1.12 bits per heavy atom. The lowest BCUT2D eigenvalue weighted by atomic mass is 9.80. The van der Waals surface area contributed by atoms with E-state index in [-0.39, 0.29) is 23.0 Å². The van der Waals surface area contributed by atoms with Gasteiger partial charge in [0.25, 0.3) is 0 Å². The maximum atomic E-state index is 11.5. The highest BCUT2D eigenvalue weighted by Gasteiger charge is 2.24. The molecule has 8 N–H and O–H groups in total. The molecule has 2 aromatic carbocycles. The van der Waals surface area contributed by atoms with Crippen LogP contribution < -0.4 is 41.9 Å². The Kier molecular flexibility index (Phi) is 7.69. The van der Waals surface area contributed by atoms with Crippen molar-refractivity contribution < 1.29 is 38.1 Å². The molecule has 180 valence electrons. The zero-order valence-electron chi connectivity index (χ0n) is 18.6. The first-order valence-corrected chi connectivity index (χ1v) is 9.66. The van der Waals surface area contributed by atoms with Crippen molar-refractivity contribution in [3.63, 3.8) is 0 Å². The van der Waals surface area contributed by atoms with Crippen LogP contribution in [0.1, 0.15) is 31.9 Å². The minimum absolute atomic E-state index is 0.0153. The van der Waals surface area contributed by atoms with Gasteiger partial charge in [-0.05, 0) is 41.3 Å². The van der Waals surface area contributed by atoms with Gasteiger partial charge in [-0.1, -0.05) is 20.8 Å². The summed E-state index contributed by atoms with van der Waals surface area (Å²) in [5.41, 5.74) is 21.2. The number of rotatable bonds is 6. The third-order valence-corrected chi connectivity index (χ3v) is 4.19. The van der Waals surface area contributed by atoms with E-state index >= 15 is 0 Å². The molecule has 0 bridgehead atoms. The lowest BCUT2D eigenvalue weighted by Gasteiger charge is -2.26. The molecular formula is C22H24N4O8. The Balaban J connectivity index is 2.72. The highest BCUT2D eigenvalue weighted by molar-refractivity contribution is 5.89. The van der Waals surface area contributed by atoms with Crippen LogP contribution in [-0.2, 0) is 0 Å². The summed E-state index contributed by atoms with van der Waals surface area (Å²) in [5, 5.41) is 0. The summed E-state index contributed by atoms with van der Waals surface area (Å²) < 4.78 is 19.9. The molecule has 0 aliphatic rings. The summed E-state index contributed by atoms with van der Waals surface area (Å²) >= 11 is 0. The van der Waals surface area contributed by atoms with Crippen LogP contribution in [0.15, 0.2) is 36.4 Å². The predicted octanol–water partition coefficient (Wildman–Crippen LogP) is 3.10. The summed E-state index contributed by atoms with van der Waals surface area (Å²) in [7, 11) is 0. The number of allylic oxidation sites excluding steroid dienone is 1. The highest BCUT2D eigenvalue weighted by Crippen LogP contribution is 2.42. The quantitative estimate of drug-likeness (QED) is 0.458. The first-order chi connectivity index (χ1) is 15.8. The molecule has 34 heavy (non-hydrogen) atoms. The van der Waals surface area contributed by atoms with Crippen molar-refractivity contribution in [1.29, 1.82) is 0 Å². The standard InChI is InChI=1S/C22H24N4O8/c1-22(2,3)15(14-7-6-13(32-19(24)28)10-17(14)34-21(26)30)8-11-4-5-12(31-18(23)27)9-16(11)33-20(25)29/h4-10H,1-3H3,(H2,23,27)(H2,24,28)(H2,25,29)(H2,26,30). The van der Waals surface area contributed by atoms with Crippen LogP contribution >= 0.6 is 0 Å². The number of amides is 4. The molecule has 0 aromatic heterocycles. The van der Waals surface area contributed by atoms with Crippen molar-refractivity contribution >= 4 is 36.0 Å². The number of hydrogen-bond donors (Lipinski definition) is 4. The molecule has 2 aromatic rings. The predicted molar refractivity (Wildman–Crippen MR) is 121 cm³/mol. The van der Waals surface area contributed by atoms with Gasteiger partial charge >= 0.3 is 24.4 Å². The summed E-state index contributed by atoms with van der Waals surface area (Å²) in [5.74, 6) is -0.00657. The molecular weight excluding hydrogens is 448 g/mol. The molecule has 0 aliphatic heterocycles. The minimum Gasteiger partial charge on any atom is -0.410 e. The largest absolute Gasteiger partial charge is 0.410 e. The van der Waals surface area contributed by atoms with Crippen LogP contribution in [0, 0.1) is 5.41 Å². The van der Waals surface area contributed by atoms with Gasteiger partial charge < -0.3 is 41.9 Å². The van der Waals surface area contributed by atoms with Crippen LogP contribution in [0.5, 0.6) is 23.0 Å². The molecule has 0 aliphatic carbocycles. The molecule has 12 nitrogen and oxygen atoms in total. The van der Waals surface area contributed by atoms with E-state index in [2.05, 4.69) is 0 Å². The second kappa shape index (κ2) is 10.3. The van der Waals surface area contributed by atoms with Crippen molar-refractivity contribution in [2.24, 2.45) is 28.3 Å². The molecule has 0 radical (unpaired) electrons. The SMILES string of the molecule is CC(C)(C)C(=Cc1ccc(OC(N)=O)cc1OC(N)=O)c1ccc(OC(N)=O)cc1OC(N)=O. The zero-order chi connectivity index (χ0) is 25.6. The molecule has 0 saturated carbocycles. The Labute approximate surface area is 194 Å². The van der Waals surface area contributed by atoms with E-state index in [0.717, 1.165) is 0 Å². The van der Waals surface area contributed by atoms with Gasteiger partial charge in [0.2, 0.25) is 0 Å². The summed E-state index contributed by atoms with van der Waals surface area (Å²) in [6.07, 6.45) is -2.68. The number of hydrogen-bond acceptors (Lipinski definition) is 8. The third kappa shape index (κ3) is 7.15. The Morgan fingerprint density at radius 3 is 1.59 bits per heavy atom. The Hall–Kier alpha value is -4.74. The molecule has 0 atom stereocenters. The Morgan fingerprint density at radius 1 is 0.676 bits per heavy atom. The van der Waals surface area contributed by atoms with Gasteiger partial charge in [-0.15, -0.1) is 0 Å². The van der Waals surface area contributed by atoms with Crippen molar-refractivity contribution in [2.45, 2.75) is 20.8 Å². The van der Waals surface area contributed by atoms with E-state index in [0.29, 0.717) is 16.7 Å². The fourth-order valence-electron chi connectivity index (χ4n) is 2.96. The zero-order valence-corrected chi connectivity index (χ0v) is 18.6. The van der Waals surface area contributed by atoms with E-state index < -0.39 is 29.8 Å². The van der Waals surface area contributed by atoms with E-state index in [1.165, 1.54) is 36.4 Å². The smallest absolute Gasteiger partial charge is 0.409 e. The van der Waals surface area contributed by atoms with Gasteiger partial charge in [0, 0.05) is 23.3 Å². The van der Waals surface area contributed by atoms with Crippen LogP contribution in [0.3, 0.4) is 0 Å². The van der Waals surface area contributed by atoms with Gasteiger partial charge in [-0.25, -0.2) is 19.2 Å². The van der Waals surface area contributed by atoms with Crippen molar-refractivity contribution in [2.75, 3.05) is 0 Å². The highest BCUT2D eigenvalue weighted by atomic mass is 16.6. The van der Waals surface area contributed by atoms with Crippen LogP contribution in [-0.4, -0.2) is 24.4 Å². The fraction of sp³-hybridized carbons (Fsp3) is 0.182. The summed E-state index contributed by atoms with van der Waals surface area (Å²) in [6, 6.07) is 8.43. The normalized spacial score (nSPS) is 11.3. The Bertz CT molecular complexity index is 1170. The first kappa shape index (κ1) is 25.5. The molecule has 0 saturated heterocycles. The summed E-state index contributed by atoms with van der Waals surface area (Å²) in [4.78, 5) is 45.1. The van der Waals surface area contributed by atoms with Gasteiger partial charge in [0.05, 0.1) is 0 Å². The number of carbonyl (C=O) groups is 4. The second-order valence-electron chi connectivity index (χ2n) is 7.85. The topological polar surface area (TPSA) is 209 Å². The molecule has 0 heterocycles. The average Bonchev–Trinajstić information content (AvgIpc) is 2.65. The fourth-order valence-corrected chi connectivity index (χ4v) is 2.96. The van der Waals surface area contributed by atoms with Crippen molar-refractivity contribution in [3.8, 4) is 23.0 Å². The molecule has 0 spiro atoms. The molecule has 2 rings (SSSR count). The second-order valence-corrected chi connectivity index (χ2v) is 7.85. The van der Waals surface area contributed by atoms with Crippen LogP contribution in [0.4, 0.5) is 19.2 Å². The van der Waals surface area contributed by atoms with E-state index in [1.54, 1.807) is 6.08 Å². The van der Waals surface area contributed by atoms with Crippen molar-refractivity contribution in [1.82, 2.24) is 0 Å². The van der Waals surface area contributed by atoms with E-state index in [9.17, 15) is 19.2 Å². The molecule has 12 heteroatoms.